The van der Waals surface area contributed by atoms with Gasteiger partial charge in [0, 0.05) is 33.1 Å². The maximum absolute atomic E-state index is 13.3. The fourth-order valence-corrected chi connectivity index (χ4v) is 4.79. The average Bonchev–Trinajstić information content (AvgIpc) is 2.84. The number of nitrogens with zero attached hydrogens (tertiary/aromatic N) is 2. The highest BCUT2D eigenvalue weighted by atomic mass is 32.2. The maximum atomic E-state index is 13.3. The van der Waals surface area contributed by atoms with E-state index in [4.69, 9.17) is 0 Å². The molecule has 0 saturated heterocycles. The molecule has 0 aliphatic rings. The van der Waals surface area contributed by atoms with Crippen molar-refractivity contribution in [3.8, 4) is 0 Å². The van der Waals surface area contributed by atoms with Crippen molar-refractivity contribution >= 4 is 21.8 Å². The summed E-state index contributed by atoms with van der Waals surface area (Å²) in [5.74, 6) is -0.867. The summed E-state index contributed by atoms with van der Waals surface area (Å²) in [6.45, 7) is 4.61. The summed E-state index contributed by atoms with van der Waals surface area (Å²) in [5, 5.41) is 2.85. The minimum atomic E-state index is -3.65. The Bertz CT molecular complexity index is 1030. The van der Waals surface area contributed by atoms with Crippen molar-refractivity contribution < 1.29 is 22.4 Å². The topological polar surface area (TPSA) is 86.8 Å². The molecule has 0 spiro atoms. The lowest BCUT2D eigenvalue weighted by atomic mass is 10.1. The Morgan fingerprint density at radius 2 is 1.68 bits per heavy atom. The van der Waals surface area contributed by atoms with Gasteiger partial charge in [-0.15, -0.1) is 0 Å². The van der Waals surface area contributed by atoms with E-state index in [1.54, 1.807) is 30.3 Å². The molecule has 0 heterocycles. The second-order valence-corrected chi connectivity index (χ2v) is 10.2. The lowest BCUT2D eigenvalue weighted by Gasteiger charge is -2.31. The molecule has 0 unspecified atom stereocenters. The summed E-state index contributed by atoms with van der Waals surface area (Å²) < 4.78 is 40.0. The molecular weight excluding hydrogens is 457 g/mol. The number of carbonyl (C=O) groups is 2. The molecule has 0 aromatic heterocycles. The van der Waals surface area contributed by atoms with Crippen molar-refractivity contribution in [3.05, 3.63) is 66.0 Å². The number of carbonyl (C=O) groups excluding carboxylic acids is 2. The zero-order valence-electron chi connectivity index (χ0n) is 20.0. The second-order valence-electron chi connectivity index (χ2n) is 8.11. The molecule has 0 saturated carbocycles. The van der Waals surface area contributed by atoms with Crippen molar-refractivity contribution in [2.45, 2.75) is 57.0 Å². The summed E-state index contributed by atoms with van der Waals surface area (Å²) in [7, 11) is -2.16. The fraction of sp³-hybridized carbons (Fsp3) is 0.440. The largest absolute Gasteiger partial charge is 0.354 e. The molecule has 2 aromatic rings. The Morgan fingerprint density at radius 1 is 1.03 bits per heavy atom. The van der Waals surface area contributed by atoms with E-state index in [1.807, 2.05) is 13.8 Å². The molecule has 0 bridgehead atoms. The number of benzene rings is 2. The Labute approximate surface area is 202 Å². The molecular formula is C25H34FN3O4S. The minimum absolute atomic E-state index is 0.0768. The van der Waals surface area contributed by atoms with Crippen molar-refractivity contribution in [1.29, 1.82) is 0 Å². The van der Waals surface area contributed by atoms with Gasteiger partial charge in [0.05, 0.1) is 4.90 Å². The summed E-state index contributed by atoms with van der Waals surface area (Å²) in [6.07, 6.45) is 1.57. The van der Waals surface area contributed by atoms with Gasteiger partial charge in [0.15, 0.2) is 0 Å². The lowest BCUT2D eigenvalue weighted by Crippen LogP contribution is -2.49. The third-order valence-corrected chi connectivity index (χ3v) is 7.39. The first-order valence-corrected chi connectivity index (χ1v) is 13.0. The van der Waals surface area contributed by atoms with Gasteiger partial charge in [-0.3, -0.25) is 9.59 Å². The maximum Gasteiger partial charge on any atom is 0.242 e. The van der Waals surface area contributed by atoms with Crippen molar-refractivity contribution in [3.63, 3.8) is 0 Å². The van der Waals surface area contributed by atoms with E-state index in [-0.39, 0.29) is 42.0 Å². The van der Waals surface area contributed by atoms with E-state index in [1.165, 1.54) is 40.5 Å². The molecule has 0 radical (unpaired) electrons. The number of halogens is 1. The Balaban J connectivity index is 2.10. The standard InChI is InChI=1S/C25H34FN3O4S/c1-4-17-27-25(31)23(5-2)29(19-20-13-15-21(26)16-14-20)24(30)12-9-18-28(3)34(32,33)22-10-7-6-8-11-22/h6-8,10-11,13-16,23H,4-5,9,12,17-19H2,1-3H3,(H,27,31)/t23-/m1/s1. The van der Waals surface area contributed by atoms with Crippen LogP contribution >= 0.6 is 0 Å². The van der Waals surface area contributed by atoms with Crippen molar-refractivity contribution in [2.75, 3.05) is 20.1 Å². The predicted octanol–water partition coefficient (Wildman–Crippen LogP) is 3.56. The summed E-state index contributed by atoms with van der Waals surface area (Å²) in [6, 6.07) is 13.3. The Hall–Kier alpha value is -2.78. The highest BCUT2D eigenvalue weighted by molar-refractivity contribution is 7.89. The smallest absolute Gasteiger partial charge is 0.242 e. The SMILES string of the molecule is CCCNC(=O)[C@@H](CC)N(Cc1ccc(F)cc1)C(=O)CCCN(C)S(=O)(=O)c1ccccc1. The van der Waals surface area contributed by atoms with E-state index in [9.17, 15) is 22.4 Å². The van der Waals surface area contributed by atoms with Crippen LogP contribution in [0.2, 0.25) is 0 Å². The highest BCUT2D eigenvalue weighted by Gasteiger charge is 2.28. The third-order valence-electron chi connectivity index (χ3n) is 5.52. The molecule has 9 heteroatoms. The van der Waals surface area contributed by atoms with Crippen LogP contribution in [-0.2, 0) is 26.2 Å². The molecule has 2 amide bonds. The fourth-order valence-electron chi connectivity index (χ4n) is 3.56. The van der Waals surface area contributed by atoms with Crippen LogP contribution in [0.3, 0.4) is 0 Å². The molecule has 7 nitrogen and oxygen atoms in total. The zero-order chi connectivity index (χ0) is 25.1. The quantitative estimate of drug-likeness (QED) is 0.464. The summed E-state index contributed by atoms with van der Waals surface area (Å²) in [4.78, 5) is 27.6. The highest BCUT2D eigenvalue weighted by Crippen LogP contribution is 2.17. The number of hydrogen-bond acceptors (Lipinski definition) is 4. The number of amides is 2. The van der Waals surface area contributed by atoms with Crippen molar-refractivity contribution in [2.24, 2.45) is 0 Å². The molecule has 0 aliphatic carbocycles. The first-order chi connectivity index (χ1) is 16.2. The molecule has 1 N–H and O–H groups in total. The zero-order valence-corrected chi connectivity index (χ0v) is 20.9. The van der Waals surface area contributed by atoms with Crippen LogP contribution in [0.4, 0.5) is 4.39 Å². The van der Waals surface area contributed by atoms with Gasteiger partial charge in [-0.05, 0) is 49.1 Å². The van der Waals surface area contributed by atoms with Crippen LogP contribution in [0.5, 0.6) is 0 Å². The molecule has 186 valence electrons. The van der Waals surface area contributed by atoms with E-state index in [0.29, 0.717) is 24.9 Å². The Kier molecular flexibility index (Phi) is 10.7. The predicted molar refractivity (Wildman–Crippen MR) is 130 cm³/mol. The third kappa shape index (κ3) is 7.63. The molecule has 34 heavy (non-hydrogen) atoms. The first-order valence-electron chi connectivity index (χ1n) is 11.5. The van der Waals surface area contributed by atoms with Crippen LogP contribution in [0.25, 0.3) is 0 Å². The number of rotatable bonds is 13. The molecule has 1 atom stereocenters. The van der Waals surface area contributed by atoms with Crippen LogP contribution < -0.4 is 5.32 Å². The molecule has 0 aliphatic heterocycles. The van der Waals surface area contributed by atoms with Gasteiger partial charge in [0.25, 0.3) is 0 Å². The summed E-state index contributed by atoms with van der Waals surface area (Å²) in [5.41, 5.74) is 0.709. The second kappa shape index (κ2) is 13.2. The van der Waals surface area contributed by atoms with Gasteiger partial charge in [-0.1, -0.05) is 44.2 Å². The average molecular weight is 492 g/mol. The lowest BCUT2D eigenvalue weighted by molar-refractivity contribution is -0.141. The molecule has 2 aromatic carbocycles. The summed E-state index contributed by atoms with van der Waals surface area (Å²) >= 11 is 0. The van der Waals surface area contributed by atoms with Gasteiger partial charge in [0.1, 0.15) is 11.9 Å². The van der Waals surface area contributed by atoms with Gasteiger partial charge in [-0.2, -0.15) is 0 Å². The normalized spacial score (nSPS) is 12.4. The van der Waals surface area contributed by atoms with E-state index in [0.717, 1.165) is 6.42 Å². The first kappa shape index (κ1) is 27.5. The number of hydrogen-bond donors (Lipinski definition) is 1. The number of sulfonamides is 1. The molecule has 2 rings (SSSR count). The van der Waals surface area contributed by atoms with Gasteiger partial charge in [0.2, 0.25) is 21.8 Å². The molecule has 0 fully saturated rings. The minimum Gasteiger partial charge on any atom is -0.354 e. The monoisotopic (exact) mass is 491 g/mol. The van der Waals surface area contributed by atoms with Crippen LogP contribution in [0, 0.1) is 5.82 Å². The van der Waals surface area contributed by atoms with E-state index in [2.05, 4.69) is 5.32 Å². The van der Waals surface area contributed by atoms with Gasteiger partial charge in [-0.25, -0.2) is 17.1 Å². The van der Waals surface area contributed by atoms with Gasteiger partial charge < -0.3 is 10.2 Å². The number of nitrogens with one attached hydrogen (secondary N) is 1. The van der Waals surface area contributed by atoms with E-state index >= 15 is 0 Å². The van der Waals surface area contributed by atoms with Crippen LogP contribution in [0.1, 0.15) is 45.1 Å². The van der Waals surface area contributed by atoms with Crippen LogP contribution in [0.15, 0.2) is 59.5 Å². The van der Waals surface area contributed by atoms with Crippen LogP contribution in [-0.4, -0.2) is 55.6 Å². The Morgan fingerprint density at radius 3 is 2.26 bits per heavy atom. The van der Waals surface area contributed by atoms with E-state index < -0.39 is 16.1 Å². The van der Waals surface area contributed by atoms with Gasteiger partial charge >= 0.3 is 0 Å². The van der Waals surface area contributed by atoms with Crippen molar-refractivity contribution in [1.82, 2.24) is 14.5 Å².